The second-order valence-corrected chi connectivity index (χ2v) is 4.87. The van der Waals surface area contributed by atoms with Crippen LogP contribution in [-0.4, -0.2) is 7.11 Å². The maximum Gasteiger partial charge on any atom is 0.154 e. The second kappa shape index (κ2) is 6.06. The van der Waals surface area contributed by atoms with Gasteiger partial charge in [0.2, 0.25) is 0 Å². The summed E-state index contributed by atoms with van der Waals surface area (Å²) < 4.78 is 11.3. The third kappa shape index (κ3) is 2.54. The fourth-order valence-corrected chi connectivity index (χ4v) is 2.70. The number of anilines is 2. The van der Waals surface area contributed by atoms with Crippen LogP contribution in [0.25, 0.3) is 0 Å². The summed E-state index contributed by atoms with van der Waals surface area (Å²) in [5.74, 6) is 2.50. The number of benzene rings is 2. The molecule has 0 unspecified atom stereocenters. The smallest absolute Gasteiger partial charge is 0.154 e. The third-order valence-corrected chi connectivity index (χ3v) is 3.77. The summed E-state index contributed by atoms with van der Waals surface area (Å²) in [6.07, 6.45) is 2.03. The van der Waals surface area contributed by atoms with E-state index in [1.165, 1.54) is 11.1 Å². The minimum absolute atomic E-state index is 0. The number of nitrogens with one attached hydrogen (secondary N) is 1. The van der Waals surface area contributed by atoms with Gasteiger partial charge in [-0.15, -0.1) is 0 Å². The molecule has 2 aromatic rings. The van der Waals surface area contributed by atoms with Crippen molar-refractivity contribution >= 4 is 11.4 Å². The predicted molar refractivity (Wildman–Crippen MR) is 86.6 cm³/mol. The second-order valence-electron chi connectivity index (χ2n) is 4.87. The lowest BCUT2D eigenvalue weighted by Gasteiger charge is -2.25. The van der Waals surface area contributed by atoms with Crippen molar-refractivity contribution in [1.82, 2.24) is 6.15 Å². The highest BCUT2D eigenvalue weighted by molar-refractivity contribution is 5.79. The highest BCUT2D eigenvalue weighted by Gasteiger charge is 2.20. The van der Waals surface area contributed by atoms with E-state index in [9.17, 15) is 0 Å². The Morgan fingerprint density at radius 1 is 1.05 bits per heavy atom. The number of fused-ring (bicyclic) bond motifs is 2. The summed E-state index contributed by atoms with van der Waals surface area (Å²) in [5, 5.41) is 3.51. The SMILES string of the molecule is CCc1ccc2c(c1CC)Nc1ccc(OC)cc1O2.N. The normalized spacial score (nSPS) is 11.4. The molecule has 0 bridgehead atoms. The van der Waals surface area contributed by atoms with Crippen molar-refractivity contribution in [3.05, 3.63) is 41.5 Å². The van der Waals surface area contributed by atoms with Gasteiger partial charge < -0.3 is 20.9 Å². The van der Waals surface area contributed by atoms with Gasteiger partial charge in [-0.2, -0.15) is 0 Å². The van der Waals surface area contributed by atoms with Crippen molar-refractivity contribution in [1.29, 1.82) is 0 Å². The topological polar surface area (TPSA) is 65.5 Å². The van der Waals surface area contributed by atoms with Crippen molar-refractivity contribution in [2.45, 2.75) is 26.7 Å². The molecule has 1 aliphatic heterocycles. The summed E-state index contributed by atoms with van der Waals surface area (Å²) in [7, 11) is 1.66. The molecule has 0 radical (unpaired) electrons. The van der Waals surface area contributed by atoms with Gasteiger partial charge in [-0.25, -0.2) is 0 Å². The van der Waals surface area contributed by atoms with Crippen LogP contribution in [0, 0.1) is 0 Å². The molecular weight excluding hydrogens is 264 g/mol. The lowest BCUT2D eigenvalue weighted by atomic mass is 9.99. The number of rotatable bonds is 3. The molecule has 1 heterocycles. The van der Waals surface area contributed by atoms with Crippen molar-refractivity contribution < 1.29 is 9.47 Å². The molecule has 0 aliphatic carbocycles. The van der Waals surface area contributed by atoms with Crippen molar-refractivity contribution in [3.8, 4) is 17.2 Å². The minimum Gasteiger partial charge on any atom is -0.497 e. The zero-order valence-corrected chi connectivity index (χ0v) is 12.8. The molecule has 4 nitrogen and oxygen atoms in total. The van der Waals surface area contributed by atoms with Gasteiger partial charge in [0.1, 0.15) is 5.75 Å². The molecule has 0 amide bonds. The summed E-state index contributed by atoms with van der Waals surface area (Å²) in [6.45, 7) is 4.36. The molecular formula is C17H22N2O2. The monoisotopic (exact) mass is 286 g/mol. The lowest BCUT2D eigenvalue weighted by molar-refractivity contribution is 0.409. The fourth-order valence-electron chi connectivity index (χ4n) is 2.70. The van der Waals surface area contributed by atoms with E-state index in [1.807, 2.05) is 24.3 Å². The van der Waals surface area contributed by atoms with E-state index in [4.69, 9.17) is 9.47 Å². The first-order chi connectivity index (χ1) is 9.76. The number of hydrogen-bond donors (Lipinski definition) is 2. The Morgan fingerprint density at radius 2 is 1.86 bits per heavy atom. The molecule has 21 heavy (non-hydrogen) atoms. The Bertz CT molecular complexity index is 653. The molecule has 4 N–H and O–H groups in total. The Labute approximate surface area is 125 Å². The number of ether oxygens (including phenoxy) is 2. The average molecular weight is 286 g/mol. The van der Waals surface area contributed by atoms with Crippen LogP contribution < -0.4 is 20.9 Å². The molecule has 0 aromatic heterocycles. The highest BCUT2D eigenvalue weighted by Crippen LogP contribution is 2.45. The summed E-state index contributed by atoms with van der Waals surface area (Å²) >= 11 is 0. The molecule has 0 saturated carbocycles. The molecule has 3 rings (SSSR count). The maximum absolute atomic E-state index is 6.02. The number of methoxy groups -OCH3 is 1. The molecule has 0 saturated heterocycles. The largest absolute Gasteiger partial charge is 0.497 e. The van der Waals surface area contributed by atoms with Crippen LogP contribution in [-0.2, 0) is 12.8 Å². The average Bonchev–Trinajstić information content (AvgIpc) is 2.51. The minimum atomic E-state index is 0. The number of aryl methyl sites for hydroxylation is 1. The van der Waals surface area contributed by atoms with Gasteiger partial charge in [-0.1, -0.05) is 19.9 Å². The van der Waals surface area contributed by atoms with Crippen molar-refractivity contribution in [2.75, 3.05) is 12.4 Å². The maximum atomic E-state index is 6.02. The third-order valence-electron chi connectivity index (χ3n) is 3.77. The van der Waals surface area contributed by atoms with E-state index in [0.29, 0.717) is 0 Å². The van der Waals surface area contributed by atoms with Crippen LogP contribution in [0.3, 0.4) is 0 Å². The zero-order chi connectivity index (χ0) is 14.1. The van der Waals surface area contributed by atoms with Crippen LogP contribution in [0.15, 0.2) is 30.3 Å². The van der Waals surface area contributed by atoms with Crippen LogP contribution in [0.2, 0.25) is 0 Å². The van der Waals surface area contributed by atoms with E-state index in [1.54, 1.807) is 7.11 Å². The first-order valence-corrected chi connectivity index (χ1v) is 7.04. The van der Waals surface area contributed by atoms with E-state index >= 15 is 0 Å². The summed E-state index contributed by atoms with van der Waals surface area (Å²) in [6, 6.07) is 10.0. The summed E-state index contributed by atoms with van der Waals surface area (Å²) in [5.41, 5.74) is 4.80. The van der Waals surface area contributed by atoms with E-state index < -0.39 is 0 Å². The molecule has 0 spiro atoms. The molecule has 1 aliphatic rings. The molecule has 0 fully saturated rings. The van der Waals surface area contributed by atoms with Crippen LogP contribution in [0.5, 0.6) is 17.2 Å². The van der Waals surface area contributed by atoms with Gasteiger partial charge in [0.15, 0.2) is 11.5 Å². The quantitative estimate of drug-likeness (QED) is 0.723. The van der Waals surface area contributed by atoms with Crippen LogP contribution in [0.4, 0.5) is 11.4 Å². The van der Waals surface area contributed by atoms with Gasteiger partial charge in [0.05, 0.1) is 18.5 Å². The Balaban J connectivity index is 0.00000161. The van der Waals surface area contributed by atoms with Crippen molar-refractivity contribution in [2.24, 2.45) is 0 Å². The summed E-state index contributed by atoms with van der Waals surface area (Å²) in [4.78, 5) is 0. The first kappa shape index (κ1) is 15.2. The van der Waals surface area contributed by atoms with Gasteiger partial charge in [-0.3, -0.25) is 0 Å². The van der Waals surface area contributed by atoms with Crippen molar-refractivity contribution in [3.63, 3.8) is 0 Å². The van der Waals surface area contributed by atoms with Gasteiger partial charge in [0.25, 0.3) is 0 Å². The standard InChI is InChI=1S/C17H19NO2.H3N/c1-4-11-6-9-15-17(13(11)5-2)18-14-8-7-12(19-3)10-16(14)20-15;/h6-10,18H,4-5H2,1-3H3;1H3. The Kier molecular flexibility index (Phi) is 4.38. The van der Waals surface area contributed by atoms with Gasteiger partial charge in [-0.05, 0) is 42.2 Å². The van der Waals surface area contributed by atoms with E-state index in [-0.39, 0.29) is 6.15 Å². The lowest BCUT2D eigenvalue weighted by Crippen LogP contribution is -2.07. The Morgan fingerprint density at radius 3 is 2.52 bits per heavy atom. The Hall–Kier alpha value is -2.20. The number of hydrogen-bond acceptors (Lipinski definition) is 4. The first-order valence-electron chi connectivity index (χ1n) is 7.04. The molecule has 2 aromatic carbocycles. The van der Waals surface area contributed by atoms with Crippen LogP contribution >= 0.6 is 0 Å². The predicted octanol–water partition coefficient (Wildman–Crippen LogP) is 4.83. The van der Waals surface area contributed by atoms with Gasteiger partial charge in [0, 0.05) is 6.07 Å². The molecule has 0 atom stereocenters. The van der Waals surface area contributed by atoms with Gasteiger partial charge >= 0.3 is 0 Å². The fraction of sp³-hybridized carbons (Fsp3) is 0.294. The van der Waals surface area contributed by atoms with E-state index in [0.717, 1.165) is 41.5 Å². The van der Waals surface area contributed by atoms with E-state index in [2.05, 4.69) is 25.2 Å². The molecule has 4 heteroatoms. The van der Waals surface area contributed by atoms with Crippen LogP contribution in [0.1, 0.15) is 25.0 Å². The molecule has 112 valence electrons. The zero-order valence-electron chi connectivity index (χ0n) is 12.8. The highest BCUT2D eigenvalue weighted by atomic mass is 16.5.